The molecule has 5 rings (SSSR count). The van der Waals surface area contributed by atoms with Crippen LogP contribution in [0.2, 0.25) is 5.02 Å². The van der Waals surface area contributed by atoms with Gasteiger partial charge in [-0.15, -0.1) is 0 Å². The normalized spacial score (nSPS) is 21.3. The topological polar surface area (TPSA) is 45.1 Å². The first-order valence-electron chi connectivity index (χ1n) is 9.83. The highest BCUT2D eigenvalue weighted by atomic mass is 35.5. The van der Waals surface area contributed by atoms with Crippen molar-refractivity contribution in [1.29, 1.82) is 0 Å². The second-order valence-electron chi connectivity index (χ2n) is 8.36. The predicted molar refractivity (Wildman–Crippen MR) is 119 cm³/mol. The van der Waals surface area contributed by atoms with Gasteiger partial charge < -0.3 is 14.7 Å². The van der Waals surface area contributed by atoms with Gasteiger partial charge in [0.15, 0.2) is 0 Å². The number of anilines is 1. The van der Waals surface area contributed by atoms with Gasteiger partial charge in [-0.2, -0.15) is 0 Å². The molecular weight excluding hydrogens is 384 g/mol. The molecule has 0 fully saturated rings. The standard InChI is InChI=1S/C24H23ClN2O2/c1-15-4-7-18-16(12-15)5-9-21-22(18)26-14-24(29-21)23(2,3)19-13-17(25)6-8-20(19)27(24)10-11-28/h4-9,12-14,28H,10-11H2,1-3H3. The number of aliphatic imine (C=N–C) groups is 1. The largest absolute Gasteiger partial charge is 0.459 e. The van der Waals surface area contributed by atoms with Crippen LogP contribution < -0.4 is 9.64 Å². The monoisotopic (exact) mass is 406 g/mol. The lowest BCUT2D eigenvalue weighted by atomic mass is 9.77. The second-order valence-corrected chi connectivity index (χ2v) is 8.79. The summed E-state index contributed by atoms with van der Waals surface area (Å²) in [6.45, 7) is 6.82. The Labute approximate surface area is 175 Å². The Morgan fingerprint density at radius 1 is 1.10 bits per heavy atom. The van der Waals surface area contributed by atoms with E-state index in [9.17, 15) is 5.11 Å². The fourth-order valence-electron chi connectivity index (χ4n) is 4.73. The smallest absolute Gasteiger partial charge is 0.228 e. The minimum atomic E-state index is -0.839. The SMILES string of the molecule is Cc1ccc2c3c(ccc2c1)OC1(C=N3)N(CCO)c2ccc(Cl)cc2C1(C)C. The molecule has 1 spiro atoms. The molecule has 2 aliphatic heterocycles. The molecule has 2 aliphatic rings. The van der Waals surface area contributed by atoms with Crippen molar-refractivity contribution < 1.29 is 9.84 Å². The summed E-state index contributed by atoms with van der Waals surface area (Å²) in [5.41, 5.74) is 2.90. The van der Waals surface area contributed by atoms with E-state index >= 15 is 0 Å². The number of benzene rings is 3. The van der Waals surface area contributed by atoms with Crippen LogP contribution in [0.5, 0.6) is 5.75 Å². The number of halogens is 1. The summed E-state index contributed by atoms with van der Waals surface area (Å²) >= 11 is 6.32. The zero-order chi connectivity index (χ0) is 20.4. The molecule has 1 unspecified atom stereocenters. The number of ether oxygens (including phenoxy) is 1. The Bertz CT molecular complexity index is 1170. The van der Waals surface area contributed by atoms with Crippen LogP contribution in [0.1, 0.15) is 25.0 Å². The van der Waals surface area contributed by atoms with Crippen LogP contribution >= 0.6 is 11.6 Å². The number of nitrogens with zero attached hydrogens (tertiary/aromatic N) is 2. The van der Waals surface area contributed by atoms with E-state index in [4.69, 9.17) is 21.3 Å². The molecule has 3 aromatic rings. The molecule has 0 bridgehead atoms. The van der Waals surface area contributed by atoms with Crippen LogP contribution in [-0.4, -0.2) is 30.2 Å². The third-order valence-electron chi connectivity index (χ3n) is 6.29. The Morgan fingerprint density at radius 3 is 2.72 bits per heavy atom. The van der Waals surface area contributed by atoms with Crippen LogP contribution in [-0.2, 0) is 5.41 Å². The van der Waals surface area contributed by atoms with E-state index in [0.29, 0.717) is 11.6 Å². The van der Waals surface area contributed by atoms with Crippen LogP contribution in [0.4, 0.5) is 11.4 Å². The molecule has 3 aromatic carbocycles. The van der Waals surface area contributed by atoms with Gasteiger partial charge in [0.2, 0.25) is 5.72 Å². The summed E-state index contributed by atoms with van der Waals surface area (Å²) in [5, 5.41) is 12.7. The van der Waals surface area contributed by atoms with E-state index in [1.165, 1.54) is 5.56 Å². The minimum absolute atomic E-state index is 0.0148. The van der Waals surface area contributed by atoms with Gasteiger partial charge in [0, 0.05) is 22.6 Å². The van der Waals surface area contributed by atoms with Crippen molar-refractivity contribution in [3.05, 3.63) is 64.7 Å². The molecule has 1 N–H and O–H groups in total. The molecule has 148 valence electrons. The average molecular weight is 407 g/mol. The predicted octanol–water partition coefficient (Wildman–Crippen LogP) is 5.38. The molecule has 1 atom stereocenters. The number of aryl methyl sites for hydroxylation is 1. The molecule has 0 amide bonds. The van der Waals surface area contributed by atoms with E-state index in [-0.39, 0.29) is 6.61 Å². The third-order valence-corrected chi connectivity index (χ3v) is 6.52. The number of hydrogen-bond donors (Lipinski definition) is 1. The molecule has 0 aromatic heterocycles. The Hall–Kier alpha value is -2.56. The number of β-amino-alcohol motifs (C(OH)–C–C–N with tert-alkyl or cyclic N) is 1. The van der Waals surface area contributed by atoms with Gasteiger partial charge in [0.1, 0.15) is 11.4 Å². The van der Waals surface area contributed by atoms with Crippen LogP contribution in [0.25, 0.3) is 10.8 Å². The van der Waals surface area contributed by atoms with Gasteiger partial charge in [0.25, 0.3) is 0 Å². The summed E-state index contributed by atoms with van der Waals surface area (Å²) in [5.74, 6) is 0.749. The summed E-state index contributed by atoms with van der Waals surface area (Å²) in [4.78, 5) is 7.02. The van der Waals surface area contributed by atoms with Gasteiger partial charge in [-0.3, -0.25) is 4.99 Å². The van der Waals surface area contributed by atoms with E-state index < -0.39 is 11.1 Å². The first-order valence-corrected chi connectivity index (χ1v) is 10.2. The fraction of sp³-hybridized carbons (Fsp3) is 0.292. The lowest BCUT2D eigenvalue weighted by Crippen LogP contribution is -2.62. The van der Waals surface area contributed by atoms with Gasteiger partial charge in [-0.25, -0.2) is 0 Å². The van der Waals surface area contributed by atoms with E-state index in [1.54, 1.807) is 0 Å². The number of hydrogen-bond acceptors (Lipinski definition) is 4. The zero-order valence-electron chi connectivity index (χ0n) is 16.7. The summed E-state index contributed by atoms with van der Waals surface area (Å²) in [6.07, 6.45) is 1.90. The van der Waals surface area contributed by atoms with Crippen molar-refractivity contribution in [3.8, 4) is 5.75 Å². The molecule has 5 heteroatoms. The fourth-order valence-corrected chi connectivity index (χ4v) is 4.90. The Morgan fingerprint density at radius 2 is 1.93 bits per heavy atom. The number of aliphatic hydroxyl groups is 1. The minimum Gasteiger partial charge on any atom is -0.459 e. The number of fused-ring (bicyclic) bond motifs is 4. The molecule has 0 radical (unpaired) electrons. The van der Waals surface area contributed by atoms with Crippen molar-refractivity contribution in [2.45, 2.75) is 31.9 Å². The molecule has 0 aliphatic carbocycles. The molecule has 2 heterocycles. The third kappa shape index (κ3) is 2.46. The number of rotatable bonds is 2. The number of aliphatic hydroxyl groups excluding tert-OH is 1. The average Bonchev–Trinajstić information content (AvgIpc) is 2.86. The van der Waals surface area contributed by atoms with Gasteiger partial charge in [0.05, 0.1) is 18.2 Å². The maximum Gasteiger partial charge on any atom is 0.228 e. The highest BCUT2D eigenvalue weighted by Gasteiger charge is 2.59. The highest BCUT2D eigenvalue weighted by Crippen LogP contribution is 2.55. The first kappa shape index (κ1) is 18.5. The maximum atomic E-state index is 9.79. The Balaban J connectivity index is 1.71. The Kier molecular flexibility index (Phi) is 3.96. The molecule has 29 heavy (non-hydrogen) atoms. The van der Waals surface area contributed by atoms with Crippen molar-refractivity contribution in [3.63, 3.8) is 0 Å². The highest BCUT2D eigenvalue weighted by molar-refractivity contribution is 6.30. The van der Waals surface area contributed by atoms with Crippen molar-refractivity contribution in [2.24, 2.45) is 4.99 Å². The lowest BCUT2D eigenvalue weighted by Gasteiger charge is -2.46. The van der Waals surface area contributed by atoms with Crippen LogP contribution in [0, 0.1) is 6.92 Å². The zero-order valence-corrected chi connectivity index (χ0v) is 17.5. The quantitative estimate of drug-likeness (QED) is 0.621. The summed E-state index contributed by atoms with van der Waals surface area (Å²) < 4.78 is 6.74. The summed E-state index contributed by atoms with van der Waals surface area (Å²) in [7, 11) is 0. The van der Waals surface area contributed by atoms with E-state index in [0.717, 1.165) is 33.5 Å². The first-order chi connectivity index (χ1) is 13.9. The van der Waals surface area contributed by atoms with Gasteiger partial charge in [-0.1, -0.05) is 41.4 Å². The second kappa shape index (κ2) is 6.22. The van der Waals surface area contributed by atoms with E-state index in [2.05, 4.69) is 49.9 Å². The van der Waals surface area contributed by atoms with Crippen LogP contribution in [0.15, 0.2) is 53.5 Å². The van der Waals surface area contributed by atoms with Crippen molar-refractivity contribution in [1.82, 2.24) is 0 Å². The van der Waals surface area contributed by atoms with Gasteiger partial charge in [-0.05, 0) is 56.0 Å². The molecular formula is C24H23ClN2O2. The van der Waals surface area contributed by atoms with Crippen molar-refractivity contribution >= 4 is 40.0 Å². The van der Waals surface area contributed by atoms with Crippen molar-refractivity contribution in [2.75, 3.05) is 18.1 Å². The van der Waals surface area contributed by atoms with Gasteiger partial charge >= 0.3 is 0 Å². The maximum absolute atomic E-state index is 9.79. The van der Waals surface area contributed by atoms with Crippen LogP contribution in [0.3, 0.4) is 0 Å². The lowest BCUT2D eigenvalue weighted by molar-refractivity contribution is 0.0742. The summed E-state index contributed by atoms with van der Waals surface area (Å²) in [6, 6.07) is 16.3. The van der Waals surface area contributed by atoms with E-state index in [1.807, 2.05) is 30.5 Å². The molecule has 4 nitrogen and oxygen atoms in total. The molecule has 0 saturated carbocycles. The molecule has 0 saturated heterocycles.